The van der Waals surface area contributed by atoms with Crippen molar-refractivity contribution in [2.45, 2.75) is 130 Å². The molecule has 4 heteroatoms. The molecule has 0 aliphatic rings. The van der Waals surface area contributed by atoms with E-state index in [0.29, 0.717) is 12.1 Å². The molecule has 0 aliphatic heterocycles. The number of nitrogens with one attached hydrogen (secondary N) is 3. The van der Waals surface area contributed by atoms with E-state index in [9.17, 15) is 0 Å². The van der Waals surface area contributed by atoms with Crippen molar-refractivity contribution in [3.63, 3.8) is 0 Å². The van der Waals surface area contributed by atoms with Crippen molar-refractivity contribution in [3.8, 4) is 0 Å². The molecule has 0 aromatic rings. The van der Waals surface area contributed by atoms with E-state index in [1.807, 2.05) is 0 Å². The van der Waals surface area contributed by atoms with E-state index < -0.39 is 0 Å². The fourth-order valence-electron chi connectivity index (χ4n) is 3.40. The minimum absolute atomic E-state index is 0.501. The van der Waals surface area contributed by atoms with E-state index >= 15 is 0 Å². The van der Waals surface area contributed by atoms with Gasteiger partial charge < -0.3 is 21.7 Å². The summed E-state index contributed by atoms with van der Waals surface area (Å²) in [6.45, 7) is 24.8. The lowest BCUT2D eigenvalue weighted by Crippen LogP contribution is -2.21. The van der Waals surface area contributed by atoms with Crippen LogP contribution in [0.4, 0.5) is 0 Å². The highest BCUT2D eigenvalue weighted by Crippen LogP contribution is 2.07. The van der Waals surface area contributed by atoms with Crippen molar-refractivity contribution < 1.29 is 0 Å². The van der Waals surface area contributed by atoms with Gasteiger partial charge in [0.2, 0.25) is 0 Å². The van der Waals surface area contributed by atoms with Crippen molar-refractivity contribution in [1.29, 1.82) is 0 Å². The lowest BCUT2D eigenvalue weighted by Gasteiger charge is -2.12. The summed E-state index contributed by atoms with van der Waals surface area (Å²) in [5.74, 6) is 0. The van der Waals surface area contributed by atoms with Crippen molar-refractivity contribution in [2.24, 2.45) is 5.73 Å². The summed E-state index contributed by atoms with van der Waals surface area (Å²) in [5.41, 5.74) is 8.71. The third-order valence-electron chi connectivity index (χ3n) is 5.00. The van der Waals surface area contributed by atoms with E-state index in [2.05, 4.69) is 70.3 Å². The Hall–Kier alpha value is -1.42. The largest absolute Gasteiger partial charge is 0.403 e. The lowest BCUT2D eigenvalue weighted by atomic mass is 10.1. The maximum atomic E-state index is 5.53. The molecule has 0 radical (unpaired) electrons. The Morgan fingerprint density at radius 1 is 0.625 bits per heavy atom. The molecular weight excluding hydrogens is 392 g/mol. The average molecular weight is 451 g/mol. The molecule has 0 atom stereocenters. The number of nitrogens with two attached hydrogens (primary N) is 1. The third-order valence-corrected chi connectivity index (χ3v) is 5.00. The second kappa shape index (κ2) is 24.2. The molecule has 32 heavy (non-hydrogen) atoms. The van der Waals surface area contributed by atoms with Gasteiger partial charge in [-0.05, 0) is 92.2 Å². The molecule has 0 saturated heterocycles. The Labute approximate surface area is 202 Å². The second-order valence-electron chi connectivity index (χ2n) is 9.65. The zero-order chi connectivity index (χ0) is 24.6. The van der Waals surface area contributed by atoms with Crippen LogP contribution < -0.4 is 21.7 Å². The van der Waals surface area contributed by atoms with Crippen LogP contribution in [0.3, 0.4) is 0 Å². The molecule has 0 rings (SSSR count). The summed E-state index contributed by atoms with van der Waals surface area (Å²) >= 11 is 0. The summed E-state index contributed by atoms with van der Waals surface area (Å²) in [6, 6.07) is 1.03. The molecule has 0 bridgehead atoms. The predicted octanol–water partition coefficient (Wildman–Crippen LogP) is 7.15. The highest BCUT2D eigenvalue weighted by molar-refractivity contribution is 4.92. The Morgan fingerprint density at radius 3 is 1.41 bits per heavy atom. The van der Waals surface area contributed by atoms with Gasteiger partial charge in [0, 0.05) is 29.2 Å². The molecule has 0 unspecified atom stereocenters. The third kappa shape index (κ3) is 30.8. The fourth-order valence-corrected chi connectivity index (χ4v) is 3.40. The van der Waals surface area contributed by atoms with Gasteiger partial charge in [-0.15, -0.1) is 0 Å². The molecule has 0 aromatic carbocycles. The standard InChI is InChI=1S/C17H35N3.C11H23N/c1-15(2)20-17(4)12-8-6-10-14-19-13-9-5-7-11-16(3)18;1-5-6-7-8-9-11(4)12-10(2)3/h15,19-20H,3-14,18H2,1-2H3;10,12H,4-9H2,1-3H3. The van der Waals surface area contributed by atoms with Crippen molar-refractivity contribution in [2.75, 3.05) is 13.1 Å². The van der Waals surface area contributed by atoms with E-state index in [1.54, 1.807) is 0 Å². The van der Waals surface area contributed by atoms with E-state index in [1.165, 1.54) is 75.6 Å². The molecule has 0 heterocycles. The number of hydrogen-bond donors (Lipinski definition) is 4. The van der Waals surface area contributed by atoms with Crippen LogP contribution in [0.25, 0.3) is 0 Å². The maximum absolute atomic E-state index is 5.53. The molecule has 5 N–H and O–H groups in total. The zero-order valence-electron chi connectivity index (χ0n) is 22.5. The van der Waals surface area contributed by atoms with Crippen LogP contribution in [-0.4, -0.2) is 25.2 Å². The van der Waals surface area contributed by atoms with Gasteiger partial charge in [-0.2, -0.15) is 0 Å². The normalized spacial score (nSPS) is 10.6. The van der Waals surface area contributed by atoms with Gasteiger partial charge in [0.25, 0.3) is 0 Å². The first kappa shape index (κ1) is 32.8. The monoisotopic (exact) mass is 450 g/mol. The topological polar surface area (TPSA) is 62.1 Å². The quantitative estimate of drug-likeness (QED) is 0.140. The molecule has 190 valence electrons. The van der Waals surface area contributed by atoms with Gasteiger partial charge in [0.15, 0.2) is 0 Å². The Morgan fingerprint density at radius 2 is 1.03 bits per heavy atom. The molecule has 0 spiro atoms. The van der Waals surface area contributed by atoms with Gasteiger partial charge in [-0.25, -0.2) is 0 Å². The number of allylic oxidation sites excluding steroid dienone is 3. The summed E-state index contributed by atoms with van der Waals surface area (Å²) in [6.07, 6.45) is 15.9. The Balaban J connectivity index is 0. The lowest BCUT2D eigenvalue weighted by molar-refractivity contribution is 0.559. The second-order valence-corrected chi connectivity index (χ2v) is 9.65. The molecule has 0 aromatic heterocycles. The van der Waals surface area contributed by atoms with Crippen LogP contribution in [-0.2, 0) is 0 Å². The fraction of sp³-hybridized carbons (Fsp3) is 0.786. The number of hydrogen-bond acceptors (Lipinski definition) is 4. The van der Waals surface area contributed by atoms with Crippen molar-refractivity contribution in [1.82, 2.24) is 16.0 Å². The highest BCUT2D eigenvalue weighted by atomic mass is 14.9. The van der Waals surface area contributed by atoms with E-state index in [0.717, 1.165) is 38.0 Å². The summed E-state index contributed by atoms with van der Waals surface area (Å²) in [7, 11) is 0. The first-order chi connectivity index (χ1) is 15.2. The summed E-state index contributed by atoms with van der Waals surface area (Å²) in [5, 5.41) is 10.2. The predicted molar refractivity (Wildman–Crippen MR) is 147 cm³/mol. The SMILES string of the molecule is C=C(CCCCCC)NC(C)C.C=C(N)CCCCCNCCCCCC(=C)NC(C)C. The van der Waals surface area contributed by atoms with Crippen LogP contribution in [0.2, 0.25) is 0 Å². The summed E-state index contributed by atoms with van der Waals surface area (Å²) in [4.78, 5) is 0. The van der Waals surface area contributed by atoms with Gasteiger partial charge >= 0.3 is 0 Å². The molecule has 4 nitrogen and oxygen atoms in total. The maximum Gasteiger partial charge on any atom is 0.0201 e. The van der Waals surface area contributed by atoms with Crippen LogP contribution >= 0.6 is 0 Å². The molecule has 0 aliphatic carbocycles. The Bertz CT molecular complexity index is 454. The van der Waals surface area contributed by atoms with Crippen molar-refractivity contribution >= 4 is 0 Å². The van der Waals surface area contributed by atoms with E-state index in [-0.39, 0.29) is 0 Å². The average Bonchev–Trinajstić information content (AvgIpc) is 2.68. The van der Waals surface area contributed by atoms with Gasteiger partial charge in [0.05, 0.1) is 0 Å². The van der Waals surface area contributed by atoms with Crippen LogP contribution in [0.15, 0.2) is 36.8 Å². The van der Waals surface area contributed by atoms with Crippen LogP contribution in [0.5, 0.6) is 0 Å². The molecule has 0 amide bonds. The zero-order valence-corrected chi connectivity index (χ0v) is 22.5. The summed E-state index contributed by atoms with van der Waals surface area (Å²) < 4.78 is 0. The van der Waals surface area contributed by atoms with E-state index in [4.69, 9.17) is 5.73 Å². The first-order valence-electron chi connectivity index (χ1n) is 13.2. The van der Waals surface area contributed by atoms with Gasteiger partial charge in [0.1, 0.15) is 0 Å². The molecular formula is C28H58N4. The minimum atomic E-state index is 0.501. The smallest absolute Gasteiger partial charge is 0.0201 e. The number of unbranched alkanes of at least 4 members (excludes halogenated alkanes) is 7. The Kier molecular flexibility index (Phi) is 24.8. The minimum Gasteiger partial charge on any atom is -0.403 e. The van der Waals surface area contributed by atoms with Crippen LogP contribution in [0, 0.1) is 0 Å². The molecule has 0 fully saturated rings. The number of rotatable bonds is 21. The first-order valence-corrected chi connectivity index (χ1v) is 13.2. The van der Waals surface area contributed by atoms with Crippen molar-refractivity contribution in [3.05, 3.63) is 36.8 Å². The highest BCUT2D eigenvalue weighted by Gasteiger charge is 1.97. The van der Waals surface area contributed by atoms with Crippen LogP contribution in [0.1, 0.15) is 118 Å². The molecule has 0 saturated carbocycles. The van der Waals surface area contributed by atoms with Gasteiger partial charge in [-0.3, -0.25) is 0 Å². The van der Waals surface area contributed by atoms with Gasteiger partial charge in [-0.1, -0.05) is 58.8 Å².